The molecule has 0 bridgehead atoms. The molecule has 0 aliphatic rings. The fourth-order valence-corrected chi connectivity index (χ4v) is 3.66. The number of aromatic nitrogens is 1. The second-order valence-corrected chi connectivity index (χ2v) is 7.60. The van der Waals surface area contributed by atoms with Crippen molar-refractivity contribution in [1.29, 1.82) is 0 Å². The normalized spacial score (nSPS) is 11.2. The molecule has 170 valence electrons. The first-order valence-electron chi connectivity index (χ1n) is 9.37. The molecule has 0 atom stereocenters. The number of fused-ring (bicyclic) bond motifs is 1. The molecule has 0 unspecified atom stereocenters. The molecule has 1 aromatic heterocycles. The SMILES string of the molecule is CCOc1ccc2c(C(=O)c3cc(OC)c(OC)c(OC)c3)cncc2c1OP(=O)(O)O. The Kier molecular flexibility index (Phi) is 6.88. The maximum Gasteiger partial charge on any atom is 0.524 e. The average molecular weight is 463 g/mol. The lowest BCUT2D eigenvalue weighted by atomic mass is 9.98. The third-order valence-corrected chi connectivity index (χ3v) is 4.96. The van der Waals surface area contributed by atoms with Crippen molar-refractivity contribution >= 4 is 24.4 Å². The van der Waals surface area contributed by atoms with E-state index in [9.17, 15) is 19.1 Å². The van der Waals surface area contributed by atoms with Crippen LogP contribution in [-0.4, -0.2) is 48.5 Å². The van der Waals surface area contributed by atoms with Crippen LogP contribution >= 0.6 is 7.82 Å². The monoisotopic (exact) mass is 463 g/mol. The van der Waals surface area contributed by atoms with Crippen LogP contribution in [0.25, 0.3) is 10.8 Å². The number of carbonyl (C=O) groups is 1. The fourth-order valence-electron chi connectivity index (χ4n) is 3.23. The molecule has 10 nitrogen and oxygen atoms in total. The van der Waals surface area contributed by atoms with Crippen molar-refractivity contribution in [2.45, 2.75) is 6.92 Å². The Labute approximate surface area is 183 Å². The summed E-state index contributed by atoms with van der Waals surface area (Å²) in [5.41, 5.74) is 0.413. The van der Waals surface area contributed by atoms with Crippen LogP contribution < -0.4 is 23.5 Å². The third-order valence-electron chi connectivity index (χ3n) is 4.54. The number of ether oxygens (including phenoxy) is 4. The number of phosphoric acid groups is 1. The Morgan fingerprint density at radius 3 is 2.12 bits per heavy atom. The average Bonchev–Trinajstić information content (AvgIpc) is 2.77. The highest BCUT2D eigenvalue weighted by Gasteiger charge is 2.25. The zero-order chi connectivity index (χ0) is 23.5. The number of hydrogen-bond donors (Lipinski definition) is 2. The topological polar surface area (TPSA) is 134 Å². The second-order valence-electron chi connectivity index (χ2n) is 6.43. The molecule has 2 aromatic carbocycles. The number of rotatable bonds is 9. The van der Waals surface area contributed by atoms with Crippen molar-refractivity contribution in [1.82, 2.24) is 4.98 Å². The van der Waals surface area contributed by atoms with Crippen LogP contribution in [0.5, 0.6) is 28.7 Å². The van der Waals surface area contributed by atoms with Crippen molar-refractivity contribution in [3.63, 3.8) is 0 Å². The minimum Gasteiger partial charge on any atom is -0.493 e. The molecular formula is C21H22NO9P. The van der Waals surface area contributed by atoms with Gasteiger partial charge in [-0.05, 0) is 36.6 Å². The molecule has 2 N–H and O–H groups in total. The van der Waals surface area contributed by atoms with Gasteiger partial charge in [0.1, 0.15) is 0 Å². The molecule has 3 aromatic rings. The Bertz CT molecular complexity index is 1180. The van der Waals surface area contributed by atoms with E-state index in [1.165, 1.54) is 51.9 Å². The highest BCUT2D eigenvalue weighted by Crippen LogP contribution is 2.46. The third kappa shape index (κ3) is 4.62. The highest BCUT2D eigenvalue weighted by molar-refractivity contribution is 7.46. The van der Waals surface area contributed by atoms with E-state index in [4.69, 9.17) is 23.5 Å². The smallest absolute Gasteiger partial charge is 0.493 e. The van der Waals surface area contributed by atoms with Gasteiger partial charge in [-0.2, -0.15) is 0 Å². The molecule has 11 heteroatoms. The second kappa shape index (κ2) is 9.44. The molecular weight excluding hydrogens is 441 g/mol. The number of carbonyl (C=O) groups excluding carboxylic acids is 1. The summed E-state index contributed by atoms with van der Waals surface area (Å²) in [7, 11) is -0.583. The van der Waals surface area contributed by atoms with E-state index in [1.807, 2.05) is 0 Å². The molecule has 32 heavy (non-hydrogen) atoms. The predicted octanol–water partition coefficient (Wildman–Crippen LogP) is 3.36. The van der Waals surface area contributed by atoms with Gasteiger partial charge in [-0.3, -0.25) is 19.6 Å². The van der Waals surface area contributed by atoms with E-state index in [1.54, 1.807) is 13.0 Å². The molecule has 3 rings (SSSR count). The molecule has 0 aliphatic heterocycles. The lowest BCUT2D eigenvalue weighted by molar-refractivity contribution is 0.103. The van der Waals surface area contributed by atoms with Crippen molar-refractivity contribution in [3.8, 4) is 28.7 Å². The van der Waals surface area contributed by atoms with Crippen LogP contribution in [0.3, 0.4) is 0 Å². The minimum absolute atomic E-state index is 0.113. The van der Waals surface area contributed by atoms with Gasteiger partial charge in [0.2, 0.25) is 5.75 Å². The van der Waals surface area contributed by atoms with E-state index < -0.39 is 13.6 Å². The van der Waals surface area contributed by atoms with Gasteiger partial charge in [0, 0.05) is 28.9 Å². The fraction of sp³-hybridized carbons (Fsp3) is 0.238. The summed E-state index contributed by atoms with van der Waals surface area (Å²) in [5.74, 6) is 0.419. The van der Waals surface area contributed by atoms with Crippen LogP contribution in [0.2, 0.25) is 0 Å². The number of methoxy groups -OCH3 is 3. The zero-order valence-corrected chi connectivity index (χ0v) is 18.7. The van der Waals surface area contributed by atoms with Crippen molar-refractivity contribution in [2.75, 3.05) is 27.9 Å². The van der Waals surface area contributed by atoms with Crippen LogP contribution in [0.4, 0.5) is 0 Å². The van der Waals surface area contributed by atoms with Crippen LogP contribution in [0, 0.1) is 0 Å². The largest absolute Gasteiger partial charge is 0.524 e. The van der Waals surface area contributed by atoms with Crippen molar-refractivity contribution in [2.24, 2.45) is 0 Å². The van der Waals surface area contributed by atoms with Crippen molar-refractivity contribution < 1.29 is 42.6 Å². The van der Waals surface area contributed by atoms with Gasteiger partial charge in [-0.15, -0.1) is 0 Å². The Morgan fingerprint density at radius 2 is 1.59 bits per heavy atom. The van der Waals surface area contributed by atoms with Gasteiger partial charge in [-0.25, -0.2) is 4.57 Å². The lowest BCUT2D eigenvalue weighted by Gasteiger charge is -2.16. The summed E-state index contributed by atoms with van der Waals surface area (Å²) < 4.78 is 37.8. The standard InChI is InChI=1S/C21H22NO9P/c1-5-30-16-7-6-13-14(10-22-11-15(13)20(16)31-32(24,25)26)19(23)12-8-17(27-2)21(29-4)18(9-12)28-3/h6-11H,5H2,1-4H3,(H2,24,25,26). The number of phosphoric ester groups is 1. The summed E-state index contributed by atoms with van der Waals surface area (Å²) in [4.78, 5) is 36.2. The van der Waals surface area contributed by atoms with Gasteiger partial charge in [0.15, 0.2) is 28.8 Å². The Morgan fingerprint density at radius 1 is 0.938 bits per heavy atom. The van der Waals surface area contributed by atoms with Crippen LogP contribution in [0.1, 0.15) is 22.8 Å². The number of ketones is 1. The summed E-state index contributed by atoms with van der Waals surface area (Å²) in [6.07, 6.45) is 2.70. The predicted molar refractivity (Wildman–Crippen MR) is 115 cm³/mol. The van der Waals surface area contributed by atoms with E-state index in [-0.39, 0.29) is 34.6 Å². The molecule has 0 radical (unpaired) electrons. The Balaban J connectivity index is 2.21. The highest BCUT2D eigenvalue weighted by atomic mass is 31.2. The molecule has 0 amide bonds. The summed E-state index contributed by atoms with van der Waals surface area (Å²) in [6.45, 7) is 1.95. The quantitative estimate of drug-likeness (QED) is 0.359. The summed E-state index contributed by atoms with van der Waals surface area (Å²) in [6, 6.07) is 6.08. The minimum atomic E-state index is -4.91. The molecule has 0 aliphatic carbocycles. The first kappa shape index (κ1) is 23.3. The number of pyridine rings is 1. The van der Waals surface area contributed by atoms with E-state index >= 15 is 0 Å². The maximum atomic E-state index is 13.4. The van der Waals surface area contributed by atoms with Crippen molar-refractivity contribution in [3.05, 3.63) is 47.8 Å². The molecule has 0 saturated heterocycles. The number of nitrogens with zero attached hydrogens (tertiary/aromatic N) is 1. The molecule has 0 saturated carbocycles. The summed E-state index contributed by atoms with van der Waals surface area (Å²) in [5, 5.41) is 0.572. The zero-order valence-electron chi connectivity index (χ0n) is 17.8. The van der Waals surface area contributed by atoms with Gasteiger partial charge >= 0.3 is 7.82 Å². The Hall–Kier alpha value is -3.33. The summed E-state index contributed by atoms with van der Waals surface area (Å²) >= 11 is 0. The van der Waals surface area contributed by atoms with Crippen LogP contribution in [0.15, 0.2) is 36.7 Å². The van der Waals surface area contributed by atoms with Crippen LogP contribution in [-0.2, 0) is 4.57 Å². The molecule has 0 spiro atoms. The lowest BCUT2D eigenvalue weighted by Crippen LogP contribution is -2.06. The van der Waals surface area contributed by atoms with Gasteiger partial charge in [-0.1, -0.05) is 0 Å². The first-order chi connectivity index (χ1) is 15.2. The maximum absolute atomic E-state index is 13.4. The van der Waals surface area contributed by atoms with E-state index in [0.29, 0.717) is 22.6 Å². The first-order valence-corrected chi connectivity index (χ1v) is 10.9. The molecule has 1 heterocycles. The van der Waals surface area contributed by atoms with Gasteiger partial charge in [0.05, 0.1) is 27.9 Å². The van der Waals surface area contributed by atoms with Gasteiger partial charge in [0.25, 0.3) is 0 Å². The number of benzene rings is 2. The molecule has 0 fully saturated rings. The van der Waals surface area contributed by atoms with E-state index in [2.05, 4.69) is 4.98 Å². The van der Waals surface area contributed by atoms with E-state index in [0.717, 1.165) is 0 Å². The van der Waals surface area contributed by atoms with Gasteiger partial charge < -0.3 is 23.5 Å². The number of hydrogen-bond acceptors (Lipinski definition) is 8.